The third kappa shape index (κ3) is 2.55. The molecule has 0 atom stereocenters. The Bertz CT molecular complexity index is 785. The van der Waals surface area contributed by atoms with E-state index in [1.165, 1.54) is 12.7 Å². The fourth-order valence-corrected chi connectivity index (χ4v) is 2.53. The molecule has 3 rings (SSSR count). The van der Waals surface area contributed by atoms with E-state index in [0.29, 0.717) is 12.2 Å². The van der Waals surface area contributed by atoms with E-state index in [4.69, 9.17) is 4.74 Å². The molecule has 0 unspecified atom stereocenters. The molecule has 106 valence electrons. The largest absolute Gasteiger partial charge is 0.464 e. The van der Waals surface area contributed by atoms with E-state index >= 15 is 0 Å². The van der Waals surface area contributed by atoms with Crippen LogP contribution >= 0.6 is 0 Å². The van der Waals surface area contributed by atoms with Crippen LogP contribution in [0.15, 0.2) is 54.6 Å². The van der Waals surface area contributed by atoms with Gasteiger partial charge < -0.3 is 9.30 Å². The first-order chi connectivity index (χ1) is 10.2. The van der Waals surface area contributed by atoms with Gasteiger partial charge in [0.05, 0.1) is 7.11 Å². The Morgan fingerprint density at radius 3 is 2.52 bits per heavy atom. The standard InChI is InChI=1S/C18H17NO2/c1-13-7-9-14(10-8-13)12-19-16-6-4-3-5-15(16)11-17(19)18(20)21-2/h3-11H,12H2,1-2H3. The van der Waals surface area contributed by atoms with Gasteiger partial charge in [0.2, 0.25) is 0 Å². The van der Waals surface area contributed by atoms with Gasteiger partial charge in [-0.05, 0) is 24.6 Å². The number of para-hydroxylation sites is 1. The maximum absolute atomic E-state index is 12.0. The molecule has 3 nitrogen and oxygen atoms in total. The second-order valence-electron chi connectivity index (χ2n) is 5.15. The maximum Gasteiger partial charge on any atom is 0.354 e. The number of benzene rings is 2. The maximum atomic E-state index is 12.0. The van der Waals surface area contributed by atoms with Crippen LogP contribution < -0.4 is 0 Å². The van der Waals surface area contributed by atoms with Gasteiger partial charge in [-0.1, -0.05) is 48.0 Å². The first-order valence-corrected chi connectivity index (χ1v) is 6.91. The molecule has 0 N–H and O–H groups in total. The van der Waals surface area contributed by atoms with Crippen LogP contribution in [0.3, 0.4) is 0 Å². The second-order valence-corrected chi connectivity index (χ2v) is 5.15. The van der Waals surface area contributed by atoms with Crippen LogP contribution in [0.5, 0.6) is 0 Å². The lowest BCUT2D eigenvalue weighted by Crippen LogP contribution is -2.11. The van der Waals surface area contributed by atoms with Gasteiger partial charge in [0, 0.05) is 17.4 Å². The third-order valence-electron chi connectivity index (χ3n) is 3.67. The predicted octanol–water partition coefficient (Wildman–Crippen LogP) is 3.78. The fraction of sp³-hybridized carbons (Fsp3) is 0.167. The van der Waals surface area contributed by atoms with E-state index in [9.17, 15) is 4.79 Å². The summed E-state index contributed by atoms with van der Waals surface area (Å²) in [6.45, 7) is 2.72. The average molecular weight is 279 g/mol. The molecule has 0 fully saturated rings. The van der Waals surface area contributed by atoms with Crippen molar-refractivity contribution >= 4 is 16.9 Å². The Hall–Kier alpha value is -2.55. The van der Waals surface area contributed by atoms with Crippen molar-refractivity contribution in [1.29, 1.82) is 0 Å². The molecule has 3 aromatic rings. The molecular weight excluding hydrogens is 262 g/mol. The molecule has 1 aromatic heterocycles. The van der Waals surface area contributed by atoms with Crippen molar-refractivity contribution in [3.8, 4) is 0 Å². The summed E-state index contributed by atoms with van der Waals surface area (Å²) in [5.74, 6) is -0.307. The number of hydrogen-bond donors (Lipinski definition) is 0. The summed E-state index contributed by atoms with van der Waals surface area (Å²) < 4.78 is 6.91. The molecule has 0 amide bonds. The molecule has 21 heavy (non-hydrogen) atoms. The van der Waals surface area contributed by atoms with E-state index in [0.717, 1.165) is 16.5 Å². The summed E-state index contributed by atoms with van der Waals surface area (Å²) >= 11 is 0. The van der Waals surface area contributed by atoms with Crippen molar-refractivity contribution in [3.63, 3.8) is 0 Å². The fourth-order valence-electron chi connectivity index (χ4n) is 2.53. The van der Waals surface area contributed by atoms with Gasteiger partial charge in [-0.2, -0.15) is 0 Å². The number of ether oxygens (including phenoxy) is 1. The minimum absolute atomic E-state index is 0.307. The first kappa shape index (κ1) is 13.4. The Kier molecular flexibility index (Phi) is 3.48. The van der Waals surface area contributed by atoms with Crippen LogP contribution in [-0.2, 0) is 11.3 Å². The van der Waals surface area contributed by atoms with Crippen molar-refractivity contribution < 1.29 is 9.53 Å². The lowest BCUT2D eigenvalue weighted by atomic mass is 10.1. The number of carbonyl (C=O) groups excluding carboxylic acids is 1. The Balaban J connectivity index is 2.10. The highest BCUT2D eigenvalue weighted by molar-refractivity contribution is 5.95. The van der Waals surface area contributed by atoms with Gasteiger partial charge in [0.25, 0.3) is 0 Å². The number of hydrogen-bond acceptors (Lipinski definition) is 2. The van der Waals surface area contributed by atoms with Crippen LogP contribution in [0.4, 0.5) is 0 Å². The molecule has 1 heterocycles. The summed E-state index contributed by atoms with van der Waals surface area (Å²) in [5.41, 5.74) is 4.01. The summed E-state index contributed by atoms with van der Waals surface area (Å²) in [6.07, 6.45) is 0. The summed E-state index contributed by atoms with van der Waals surface area (Å²) in [4.78, 5) is 12.0. The summed E-state index contributed by atoms with van der Waals surface area (Å²) in [5, 5.41) is 1.05. The van der Waals surface area contributed by atoms with Gasteiger partial charge in [-0.15, -0.1) is 0 Å². The van der Waals surface area contributed by atoms with Crippen LogP contribution in [-0.4, -0.2) is 17.6 Å². The first-order valence-electron chi connectivity index (χ1n) is 6.91. The highest BCUT2D eigenvalue weighted by atomic mass is 16.5. The lowest BCUT2D eigenvalue weighted by Gasteiger charge is -2.10. The Morgan fingerprint density at radius 2 is 1.81 bits per heavy atom. The molecule has 0 saturated carbocycles. The number of methoxy groups -OCH3 is 1. The van der Waals surface area contributed by atoms with Gasteiger partial charge >= 0.3 is 5.97 Å². The van der Waals surface area contributed by atoms with Crippen LogP contribution in [0, 0.1) is 6.92 Å². The van der Waals surface area contributed by atoms with Gasteiger partial charge in [0.15, 0.2) is 0 Å². The molecule has 0 aliphatic heterocycles. The highest BCUT2D eigenvalue weighted by Crippen LogP contribution is 2.22. The molecule has 3 heteroatoms. The molecule has 0 saturated heterocycles. The van der Waals surface area contributed by atoms with Crippen molar-refractivity contribution in [1.82, 2.24) is 4.57 Å². The van der Waals surface area contributed by atoms with Crippen LogP contribution in [0.1, 0.15) is 21.6 Å². The highest BCUT2D eigenvalue weighted by Gasteiger charge is 2.15. The molecule has 0 aliphatic carbocycles. The normalized spacial score (nSPS) is 10.8. The van der Waals surface area contributed by atoms with E-state index < -0.39 is 0 Å². The van der Waals surface area contributed by atoms with E-state index in [2.05, 4.69) is 31.2 Å². The zero-order valence-electron chi connectivity index (χ0n) is 12.2. The van der Waals surface area contributed by atoms with Gasteiger partial charge in [-0.3, -0.25) is 0 Å². The number of aryl methyl sites for hydroxylation is 1. The number of fused-ring (bicyclic) bond motifs is 1. The van der Waals surface area contributed by atoms with E-state index in [1.54, 1.807) is 0 Å². The molecule has 0 bridgehead atoms. The molecule has 0 aliphatic rings. The van der Waals surface area contributed by atoms with Gasteiger partial charge in [0.1, 0.15) is 5.69 Å². The molecule has 2 aromatic carbocycles. The van der Waals surface area contributed by atoms with E-state index in [1.807, 2.05) is 34.9 Å². The van der Waals surface area contributed by atoms with Crippen LogP contribution in [0.25, 0.3) is 10.9 Å². The number of esters is 1. The number of nitrogens with zero attached hydrogens (tertiary/aromatic N) is 1. The van der Waals surface area contributed by atoms with E-state index in [-0.39, 0.29) is 5.97 Å². The second kappa shape index (κ2) is 5.44. The molecular formula is C18H17NO2. The topological polar surface area (TPSA) is 31.2 Å². The summed E-state index contributed by atoms with van der Waals surface area (Å²) in [6, 6.07) is 18.2. The smallest absolute Gasteiger partial charge is 0.354 e. The SMILES string of the molecule is COC(=O)c1cc2ccccc2n1Cc1ccc(C)cc1. The Labute approximate surface area is 123 Å². The number of aromatic nitrogens is 1. The van der Waals surface area contributed by atoms with Crippen molar-refractivity contribution in [2.75, 3.05) is 7.11 Å². The van der Waals surface area contributed by atoms with Crippen LogP contribution in [0.2, 0.25) is 0 Å². The van der Waals surface area contributed by atoms with Crippen molar-refractivity contribution in [2.24, 2.45) is 0 Å². The monoisotopic (exact) mass is 279 g/mol. The molecule has 0 radical (unpaired) electrons. The number of carbonyl (C=O) groups is 1. The minimum Gasteiger partial charge on any atom is -0.464 e. The predicted molar refractivity (Wildman–Crippen MR) is 83.6 cm³/mol. The quantitative estimate of drug-likeness (QED) is 0.683. The van der Waals surface area contributed by atoms with Gasteiger partial charge in [-0.25, -0.2) is 4.79 Å². The number of rotatable bonds is 3. The minimum atomic E-state index is -0.307. The third-order valence-corrected chi connectivity index (χ3v) is 3.67. The summed E-state index contributed by atoms with van der Waals surface area (Å²) in [7, 11) is 1.41. The Morgan fingerprint density at radius 1 is 1.10 bits per heavy atom. The average Bonchev–Trinajstić information content (AvgIpc) is 2.88. The zero-order chi connectivity index (χ0) is 14.8. The zero-order valence-corrected chi connectivity index (χ0v) is 12.2. The van der Waals surface area contributed by atoms with Crippen molar-refractivity contribution in [3.05, 3.63) is 71.4 Å². The van der Waals surface area contributed by atoms with Crippen molar-refractivity contribution in [2.45, 2.75) is 13.5 Å². The lowest BCUT2D eigenvalue weighted by molar-refractivity contribution is 0.0589. The molecule has 0 spiro atoms.